The van der Waals surface area contributed by atoms with Gasteiger partial charge in [-0.05, 0) is 23.8 Å². The number of anilines is 1. The fraction of sp³-hybridized carbons (Fsp3) is 0. The van der Waals surface area contributed by atoms with Crippen LogP contribution in [-0.2, 0) is 0 Å². The van der Waals surface area contributed by atoms with Crippen molar-refractivity contribution in [3.8, 4) is 11.1 Å². The minimum absolute atomic E-state index is 0.794. The molecule has 17 heavy (non-hydrogen) atoms. The lowest BCUT2D eigenvalue weighted by atomic mass is 10.0. The van der Waals surface area contributed by atoms with E-state index in [-0.39, 0.29) is 0 Å². The Bertz CT molecular complexity index is 674. The summed E-state index contributed by atoms with van der Waals surface area (Å²) in [4.78, 5) is 4.36. The number of pyridine rings is 1. The van der Waals surface area contributed by atoms with Crippen LogP contribution in [0.25, 0.3) is 22.0 Å². The number of rotatable bonds is 1. The second-order valence-corrected chi connectivity index (χ2v) is 4.00. The van der Waals surface area contributed by atoms with E-state index in [2.05, 4.69) is 29.2 Å². The van der Waals surface area contributed by atoms with Crippen LogP contribution in [0.2, 0.25) is 0 Å². The maximum atomic E-state index is 5.98. The van der Waals surface area contributed by atoms with Gasteiger partial charge in [0.2, 0.25) is 0 Å². The van der Waals surface area contributed by atoms with Crippen molar-refractivity contribution in [3.63, 3.8) is 0 Å². The monoisotopic (exact) mass is 220 g/mol. The molecule has 0 fully saturated rings. The van der Waals surface area contributed by atoms with Crippen LogP contribution in [0.5, 0.6) is 0 Å². The third kappa shape index (κ3) is 1.74. The van der Waals surface area contributed by atoms with Crippen LogP contribution in [0.4, 0.5) is 5.69 Å². The number of nitrogens with zero attached hydrogens (tertiary/aromatic N) is 1. The van der Waals surface area contributed by atoms with Gasteiger partial charge in [0.25, 0.3) is 0 Å². The molecular weight excluding hydrogens is 208 g/mol. The number of fused-ring (bicyclic) bond motifs is 1. The topological polar surface area (TPSA) is 38.9 Å². The molecule has 0 unspecified atom stereocenters. The minimum Gasteiger partial charge on any atom is -0.398 e. The van der Waals surface area contributed by atoms with Crippen LogP contribution in [-0.4, -0.2) is 4.98 Å². The van der Waals surface area contributed by atoms with E-state index in [1.165, 1.54) is 0 Å². The first-order valence-corrected chi connectivity index (χ1v) is 5.54. The molecule has 0 atom stereocenters. The van der Waals surface area contributed by atoms with Crippen molar-refractivity contribution < 1.29 is 0 Å². The first-order chi connectivity index (χ1) is 8.34. The number of para-hydroxylation sites is 1. The summed E-state index contributed by atoms with van der Waals surface area (Å²) in [6.07, 6.45) is 1.81. The third-order valence-corrected chi connectivity index (χ3v) is 2.88. The summed E-state index contributed by atoms with van der Waals surface area (Å²) in [6, 6.07) is 18.1. The second kappa shape index (κ2) is 3.91. The van der Waals surface area contributed by atoms with Gasteiger partial charge in [-0.2, -0.15) is 0 Å². The Hall–Kier alpha value is -2.35. The maximum Gasteiger partial charge on any atom is 0.0708 e. The molecule has 2 N–H and O–H groups in total. The quantitative estimate of drug-likeness (QED) is 0.637. The van der Waals surface area contributed by atoms with Crippen molar-refractivity contribution in [1.82, 2.24) is 4.98 Å². The lowest BCUT2D eigenvalue weighted by Gasteiger charge is -2.06. The Morgan fingerprint density at radius 2 is 1.76 bits per heavy atom. The molecule has 0 aliphatic carbocycles. The van der Waals surface area contributed by atoms with Gasteiger partial charge in [0, 0.05) is 22.8 Å². The summed E-state index contributed by atoms with van der Waals surface area (Å²) >= 11 is 0. The van der Waals surface area contributed by atoms with Gasteiger partial charge in [0.1, 0.15) is 0 Å². The summed E-state index contributed by atoms with van der Waals surface area (Å²) < 4.78 is 0. The lowest BCUT2D eigenvalue weighted by Crippen LogP contribution is -1.89. The lowest BCUT2D eigenvalue weighted by molar-refractivity contribution is 1.41. The molecule has 0 saturated carbocycles. The predicted octanol–water partition coefficient (Wildman–Crippen LogP) is 3.48. The van der Waals surface area contributed by atoms with Crippen LogP contribution in [0.3, 0.4) is 0 Å². The SMILES string of the molecule is Nc1ccccc1-c1ccc2cccnc2c1. The number of nitrogen functional groups attached to an aromatic ring is 1. The van der Waals surface area contributed by atoms with Gasteiger partial charge in [-0.25, -0.2) is 0 Å². The zero-order chi connectivity index (χ0) is 11.7. The number of benzene rings is 2. The smallest absolute Gasteiger partial charge is 0.0708 e. The van der Waals surface area contributed by atoms with E-state index in [1.54, 1.807) is 6.20 Å². The van der Waals surface area contributed by atoms with E-state index >= 15 is 0 Å². The molecule has 1 heterocycles. The van der Waals surface area contributed by atoms with Gasteiger partial charge in [0.15, 0.2) is 0 Å². The maximum absolute atomic E-state index is 5.98. The molecule has 2 heteroatoms. The van der Waals surface area contributed by atoms with E-state index in [4.69, 9.17) is 5.73 Å². The molecular formula is C15H12N2. The Kier molecular flexibility index (Phi) is 2.26. The second-order valence-electron chi connectivity index (χ2n) is 4.00. The minimum atomic E-state index is 0.794. The van der Waals surface area contributed by atoms with E-state index in [0.29, 0.717) is 0 Å². The fourth-order valence-corrected chi connectivity index (χ4v) is 1.99. The van der Waals surface area contributed by atoms with Crippen molar-refractivity contribution in [1.29, 1.82) is 0 Å². The molecule has 0 saturated heterocycles. The molecule has 0 aliphatic heterocycles. The first kappa shape index (κ1) is 9.85. The van der Waals surface area contributed by atoms with Gasteiger partial charge in [-0.15, -0.1) is 0 Å². The van der Waals surface area contributed by atoms with Gasteiger partial charge < -0.3 is 5.73 Å². The van der Waals surface area contributed by atoms with E-state index in [1.807, 2.05) is 30.3 Å². The highest BCUT2D eigenvalue weighted by Gasteiger charge is 2.02. The highest BCUT2D eigenvalue weighted by atomic mass is 14.6. The number of hydrogen-bond acceptors (Lipinski definition) is 2. The van der Waals surface area contributed by atoms with Crippen molar-refractivity contribution in [3.05, 3.63) is 60.8 Å². The predicted molar refractivity (Wildman–Crippen MR) is 71.6 cm³/mol. The van der Waals surface area contributed by atoms with E-state index in [9.17, 15) is 0 Å². The fourth-order valence-electron chi connectivity index (χ4n) is 1.99. The van der Waals surface area contributed by atoms with Crippen molar-refractivity contribution >= 4 is 16.6 Å². The average molecular weight is 220 g/mol. The Balaban J connectivity index is 2.22. The van der Waals surface area contributed by atoms with Crippen molar-refractivity contribution in [2.24, 2.45) is 0 Å². The molecule has 0 amide bonds. The van der Waals surface area contributed by atoms with Crippen molar-refractivity contribution in [2.75, 3.05) is 5.73 Å². The zero-order valence-corrected chi connectivity index (χ0v) is 9.30. The Labute approximate surface area is 99.7 Å². The van der Waals surface area contributed by atoms with Gasteiger partial charge >= 0.3 is 0 Å². The normalized spacial score (nSPS) is 10.6. The highest BCUT2D eigenvalue weighted by molar-refractivity contribution is 5.86. The standard InChI is InChI=1S/C15H12N2/c16-14-6-2-1-5-13(14)12-8-7-11-4-3-9-17-15(11)10-12/h1-10H,16H2. The van der Waals surface area contributed by atoms with Crippen LogP contribution < -0.4 is 5.73 Å². The first-order valence-electron chi connectivity index (χ1n) is 5.54. The summed E-state index contributed by atoms with van der Waals surface area (Å²) in [5.41, 5.74) is 9.93. The third-order valence-electron chi connectivity index (χ3n) is 2.88. The zero-order valence-electron chi connectivity index (χ0n) is 9.30. The van der Waals surface area contributed by atoms with Gasteiger partial charge in [-0.3, -0.25) is 4.98 Å². The molecule has 0 bridgehead atoms. The Morgan fingerprint density at radius 3 is 2.65 bits per heavy atom. The molecule has 3 rings (SSSR count). The average Bonchev–Trinajstić information content (AvgIpc) is 2.39. The highest BCUT2D eigenvalue weighted by Crippen LogP contribution is 2.27. The molecule has 82 valence electrons. The number of nitrogens with two attached hydrogens (primary N) is 1. The molecule has 0 aliphatic rings. The molecule has 0 radical (unpaired) electrons. The molecule has 0 spiro atoms. The van der Waals surface area contributed by atoms with Crippen LogP contribution in [0.15, 0.2) is 60.8 Å². The summed E-state index contributed by atoms with van der Waals surface area (Å²) in [5, 5.41) is 1.14. The summed E-state index contributed by atoms with van der Waals surface area (Å²) in [6.45, 7) is 0. The molecule has 1 aromatic heterocycles. The molecule has 2 aromatic carbocycles. The van der Waals surface area contributed by atoms with E-state index < -0.39 is 0 Å². The number of aromatic nitrogens is 1. The van der Waals surface area contributed by atoms with E-state index in [0.717, 1.165) is 27.7 Å². The van der Waals surface area contributed by atoms with Crippen LogP contribution in [0, 0.1) is 0 Å². The van der Waals surface area contributed by atoms with Crippen molar-refractivity contribution in [2.45, 2.75) is 0 Å². The van der Waals surface area contributed by atoms with Gasteiger partial charge in [0.05, 0.1) is 5.52 Å². The van der Waals surface area contributed by atoms with Crippen LogP contribution in [0.1, 0.15) is 0 Å². The number of hydrogen-bond donors (Lipinski definition) is 1. The summed E-state index contributed by atoms with van der Waals surface area (Å²) in [7, 11) is 0. The largest absolute Gasteiger partial charge is 0.398 e. The molecule has 3 aromatic rings. The molecule has 2 nitrogen and oxygen atoms in total. The van der Waals surface area contributed by atoms with Gasteiger partial charge in [-0.1, -0.05) is 36.4 Å². The summed E-state index contributed by atoms with van der Waals surface area (Å²) in [5.74, 6) is 0. The van der Waals surface area contributed by atoms with Crippen LogP contribution >= 0.6 is 0 Å². The Morgan fingerprint density at radius 1 is 0.882 bits per heavy atom.